The lowest BCUT2D eigenvalue weighted by atomic mass is 9.92. The molecule has 0 aliphatic rings. The van der Waals surface area contributed by atoms with Crippen LogP contribution in [0.25, 0.3) is 11.1 Å². The van der Waals surface area contributed by atoms with Crippen molar-refractivity contribution >= 4 is 0 Å². The van der Waals surface area contributed by atoms with Gasteiger partial charge in [0.25, 0.3) is 0 Å². The van der Waals surface area contributed by atoms with Crippen LogP contribution in [0.1, 0.15) is 100 Å². The fraction of sp³-hybridized carbons (Fsp3) is 0.382. The molecule has 5 aromatic rings. The lowest BCUT2D eigenvalue weighted by Gasteiger charge is -2.23. The monoisotopic (exact) mass is 852 g/mol. The third-order valence-electron chi connectivity index (χ3n) is 10.7. The van der Waals surface area contributed by atoms with Gasteiger partial charge < -0.3 is 37.9 Å². The molecule has 63 heavy (non-hydrogen) atoms. The molecule has 0 unspecified atom stereocenters. The van der Waals surface area contributed by atoms with Gasteiger partial charge in [0, 0.05) is 36.6 Å². The first-order chi connectivity index (χ1) is 31.0. The first-order valence-corrected chi connectivity index (χ1v) is 22.1. The number of methoxy groups -OCH3 is 4. The molecule has 5 aromatic carbocycles. The molecule has 0 aromatic heterocycles. The smallest absolute Gasteiger partial charge is 0.135 e. The highest BCUT2D eigenvalue weighted by Crippen LogP contribution is 2.49. The average Bonchev–Trinajstić information content (AvgIpc) is 3.32. The molecule has 0 saturated heterocycles. The van der Waals surface area contributed by atoms with Crippen LogP contribution in [0.2, 0.25) is 0 Å². The first kappa shape index (κ1) is 47.7. The summed E-state index contributed by atoms with van der Waals surface area (Å²) in [7, 11) is 6.70. The summed E-state index contributed by atoms with van der Waals surface area (Å²) in [5.41, 5.74) is 5.73. The summed E-state index contributed by atoms with van der Waals surface area (Å²) >= 11 is 0. The number of unbranched alkanes of at least 4 members (excludes halogenated alkanes) is 8. The largest absolute Gasteiger partial charge is 0.497 e. The minimum Gasteiger partial charge on any atom is -0.497 e. The van der Waals surface area contributed by atoms with Gasteiger partial charge in [0.2, 0.25) is 0 Å². The third kappa shape index (κ3) is 15.5. The summed E-state index contributed by atoms with van der Waals surface area (Å²) in [6.07, 6.45) is 11.0. The van der Waals surface area contributed by atoms with Crippen molar-refractivity contribution in [1.82, 2.24) is 0 Å². The second-order valence-corrected chi connectivity index (χ2v) is 15.1. The number of ether oxygens (including phenoxy) is 8. The maximum Gasteiger partial charge on any atom is 0.135 e. The summed E-state index contributed by atoms with van der Waals surface area (Å²) in [6.45, 7) is 5.35. The Morgan fingerprint density at radius 3 is 1.29 bits per heavy atom. The molecule has 0 atom stereocenters. The Hall–Kier alpha value is -6.38. The van der Waals surface area contributed by atoms with E-state index in [2.05, 4.69) is 29.7 Å². The van der Waals surface area contributed by atoms with Crippen molar-refractivity contribution in [3.05, 3.63) is 119 Å². The van der Waals surface area contributed by atoms with Crippen LogP contribution in [0.15, 0.2) is 97.1 Å². The zero-order valence-electron chi connectivity index (χ0n) is 38.1. The standard InChI is InChI=1S/C55H64O8/c1-7-9-11-13-15-16-18-20-34-60-50-37-52(62-40-43-24-30-47(57-4)31-25-43)55(53(38-50)63-41-44-26-32-48(58-5)33-27-44)54-45(21-19-17-14-12-10-8-2)35-49(36-51(54)59-6)61-39-42-22-28-46(56-3)29-23-42/h22-33,35-38H,11-21,34,39-41H2,1-6H3. The number of benzene rings is 5. The summed E-state index contributed by atoms with van der Waals surface area (Å²) < 4.78 is 49.2. The summed E-state index contributed by atoms with van der Waals surface area (Å²) in [4.78, 5) is 0. The highest BCUT2D eigenvalue weighted by Gasteiger charge is 2.25. The molecule has 0 bridgehead atoms. The minimum absolute atomic E-state index is 0.306. The van der Waals surface area contributed by atoms with Crippen LogP contribution in [0.3, 0.4) is 0 Å². The van der Waals surface area contributed by atoms with Crippen molar-refractivity contribution in [1.29, 1.82) is 0 Å². The lowest BCUT2D eigenvalue weighted by Crippen LogP contribution is -2.06. The molecule has 0 heterocycles. The number of hydrogen-bond donors (Lipinski definition) is 0. The van der Waals surface area contributed by atoms with Gasteiger partial charge in [-0.2, -0.15) is 0 Å². The highest BCUT2D eigenvalue weighted by atomic mass is 16.5. The third-order valence-corrected chi connectivity index (χ3v) is 10.7. The Morgan fingerprint density at radius 2 is 0.810 bits per heavy atom. The highest BCUT2D eigenvalue weighted by molar-refractivity contribution is 5.85. The maximum atomic E-state index is 6.84. The van der Waals surface area contributed by atoms with Crippen molar-refractivity contribution in [3.63, 3.8) is 0 Å². The van der Waals surface area contributed by atoms with Gasteiger partial charge in [0.15, 0.2) is 0 Å². The Kier molecular flexibility index (Phi) is 20.3. The molecule has 0 saturated carbocycles. The van der Waals surface area contributed by atoms with E-state index in [9.17, 15) is 0 Å². The normalized spacial score (nSPS) is 10.4. The van der Waals surface area contributed by atoms with Gasteiger partial charge in [-0.05, 0) is 111 Å². The van der Waals surface area contributed by atoms with E-state index in [0.717, 1.165) is 115 Å². The SMILES string of the molecule is CC#CCCCCCCCOc1cc(OCc2ccc(OC)cc2)c(-c2c(CCCCCC#CC)cc(OCc3ccc(OC)cc3)cc2OC)c(OCc2ccc(OC)cc2)c1. The van der Waals surface area contributed by atoms with Gasteiger partial charge in [0.05, 0.1) is 40.6 Å². The van der Waals surface area contributed by atoms with Gasteiger partial charge in [-0.1, -0.05) is 62.1 Å². The minimum atomic E-state index is 0.306. The number of hydrogen-bond acceptors (Lipinski definition) is 8. The molecule has 332 valence electrons. The lowest BCUT2D eigenvalue weighted by molar-refractivity contribution is 0.276. The summed E-state index contributed by atoms with van der Waals surface area (Å²) in [6, 6.07) is 31.8. The van der Waals surface area contributed by atoms with Crippen LogP contribution >= 0.6 is 0 Å². The number of rotatable bonds is 27. The van der Waals surface area contributed by atoms with Crippen molar-refractivity contribution in [2.45, 2.75) is 104 Å². The van der Waals surface area contributed by atoms with Gasteiger partial charge in [-0.15, -0.1) is 23.7 Å². The van der Waals surface area contributed by atoms with Crippen LogP contribution in [-0.4, -0.2) is 35.0 Å². The molecule has 0 spiro atoms. The van der Waals surface area contributed by atoms with E-state index in [0.29, 0.717) is 55.2 Å². The molecule has 8 nitrogen and oxygen atoms in total. The molecule has 0 N–H and O–H groups in total. The molecule has 0 aliphatic heterocycles. The zero-order chi connectivity index (χ0) is 44.5. The molecular formula is C55H64O8. The number of aryl methyl sites for hydroxylation is 1. The van der Waals surface area contributed by atoms with Gasteiger partial charge in [-0.25, -0.2) is 0 Å². The molecule has 0 aliphatic carbocycles. The van der Waals surface area contributed by atoms with Crippen molar-refractivity contribution in [2.24, 2.45) is 0 Å². The molecule has 5 rings (SSSR count). The topological polar surface area (TPSA) is 73.8 Å². The maximum absolute atomic E-state index is 6.84. The van der Waals surface area contributed by atoms with E-state index < -0.39 is 0 Å². The molecule has 0 radical (unpaired) electrons. The predicted molar refractivity (Wildman–Crippen MR) is 253 cm³/mol. The quantitative estimate of drug-likeness (QED) is 0.0382. The van der Waals surface area contributed by atoms with E-state index in [1.54, 1.807) is 28.4 Å². The van der Waals surface area contributed by atoms with E-state index in [1.807, 2.05) is 105 Å². The van der Waals surface area contributed by atoms with Crippen LogP contribution in [-0.2, 0) is 26.2 Å². The predicted octanol–water partition coefficient (Wildman–Crippen LogP) is 13.0. The Bertz CT molecular complexity index is 2170. The Labute approximate surface area is 376 Å². The fourth-order valence-corrected chi connectivity index (χ4v) is 7.14. The van der Waals surface area contributed by atoms with Gasteiger partial charge in [-0.3, -0.25) is 0 Å². The average molecular weight is 853 g/mol. The van der Waals surface area contributed by atoms with E-state index in [-0.39, 0.29) is 0 Å². The molecule has 8 heteroatoms. The van der Waals surface area contributed by atoms with E-state index in [4.69, 9.17) is 37.9 Å². The Balaban J connectivity index is 1.57. The second kappa shape index (κ2) is 26.8. The van der Waals surface area contributed by atoms with Gasteiger partial charge >= 0.3 is 0 Å². The van der Waals surface area contributed by atoms with Crippen LogP contribution < -0.4 is 37.9 Å². The van der Waals surface area contributed by atoms with Crippen molar-refractivity contribution < 1.29 is 37.9 Å². The van der Waals surface area contributed by atoms with Crippen LogP contribution in [0, 0.1) is 23.7 Å². The first-order valence-electron chi connectivity index (χ1n) is 22.1. The van der Waals surface area contributed by atoms with Crippen LogP contribution in [0.5, 0.6) is 46.0 Å². The summed E-state index contributed by atoms with van der Waals surface area (Å²) in [5, 5.41) is 0. The molecular weight excluding hydrogens is 789 g/mol. The fourth-order valence-electron chi connectivity index (χ4n) is 7.14. The van der Waals surface area contributed by atoms with Crippen molar-refractivity contribution in [2.75, 3.05) is 35.0 Å². The molecule has 0 fully saturated rings. The second-order valence-electron chi connectivity index (χ2n) is 15.1. The van der Waals surface area contributed by atoms with E-state index >= 15 is 0 Å². The van der Waals surface area contributed by atoms with Crippen LogP contribution in [0.4, 0.5) is 0 Å². The van der Waals surface area contributed by atoms with Gasteiger partial charge in [0.1, 0.15) is 65.8 Å². The van der Waals surface area contributed by atoms with E-state index in [1.165, 1.54) is 6.42 Å². The zero-order valence-corrected chi connectivity index (χ0v) is 38.1. The van der Waals surface area contributed by atoms with Crippen molar-refractivity contribution in [3.8, 4) is 80.8 Å². The summed E-state index contributed by atoms with van der Waals surface area (Å²) in [5.74, 6) is 18.0. The molecule has 0 amide bonds. The Morgan fingerprint density at radius 1 is 0.381 bits per heavy atom.